The van der Waals surface area contributed by atoms with Gasteiger partial charge < -0.3 is 24.9 Å². The van der Waals surface area contributed by atoms with E-state index in [1.54, 1.807) is 20.8 Å². The van der Waals surface area contributed by atoms with E-state index in [9.17, 15) is 10.1 Å². The lowest BCUT2D eigenvalue weighted by molar-refractivity contribution is 0.0636. The number of nitriles is 1. The Balaban J connectivity index is 0.00000235. The number of anilines is 2. The number of nitrogens with one attached hydrogen (secondary N) is 3. The van der Waals surface area contributed by atoms with Gasteiger partial charge in [-0.2, -0.15) is 5.26 Å². The maximum atomic E-state index is 12.6. The van der Waals surface area contributed by atoms with E-state index in [0.29, 0.717) is 58.2 Å². The second-order valence-electron chi connectivity index (χ2n) is 12.4. The van der Waals surface area contributed by atoms with Gasteiger partial charge in [0, 0.05) is 35.2 Å². The van der Waals surface area contributed by atoms with Gasteiger partial charge in [-0.25, -0.2) is 14.8 Å². The summed E-state index contributed by atoms with van der Waals surface area (Å²) in [6, 6.07) is 2.72. The SMILES string of the molecule is CC.CCCc1sc(NC(=O)OC(C)(C)C)c(C#N)c1C1CCCc2c(-c3nc(Cl)c(C=N)c(NCC4CCCN4C)n3)noc21. The molecule has 0 saturated carbocycles. The van der Waals surface area contributed by atoms with Crippen molar-refractivity contribution in [2.75, 3.05) is 30.8 Å². The lowest BCUT2D eigenvalue weighted by Gasteiger charge is -2.22. The molecule has 4 heterocycles. The zero-order valence-electron chi connectivity index (χ0n) is 27.8. The lowest BCUT2D eigenvalue weighted by Crippen LogP contribution is -2.32. The number of nitrogens with zero attached hydrogens (tertiary/aromatic N) is 5. The monoisotopic (exact) mass is 668 g/mol. The highest BCUT2D eigenvalue weighted by Gasteiger charge is 2.36. The third-order valence-electron chi connectivity index (χ3n) is 8.06. The van der Waals surface area contributed by atoms with E-state index in [2.05, 4.69) is 45.7 Å². The molecule has 1 fully saturated rings. The van der Waals surface area contributed by atoms with Crippen LogP contribution >= 0.6 is 22.9 Å². The largest absolute Gasteiger partial charge is 0.444 e. The Labute approximate surface area is 280 Å². The van der Waals surface area contributed by atoms with Gasteiger partial charge in [-0.15, -0.1) is 11.3 Å². The van der Waals surface area contributed by atoms with E-state index >= 15 is 0 Å². The van der Waals surface area contributed by atoms with Crippen LogP contribution in [0.5, 0.6) is 0 Å². The minimum absolute atomic E-state index is 0.170. The van der Waals surface area contributed by atoms with Gasteiger partial charge in [0.05, 0.1) is 11.1 Å². The molecular weight excluding hydrogens is 624 g/mol. The number of halogens is 1. The van der Waals surface area contributed by atoms with Crippen LogP contribution in [-0.4, -0.2) is 64.1 Å². The number of thiophene rings is 1. The van der Waals surface area contributed by atoms with Gasteiger partial charge in [-0.05, 0) is 78.5 Å². The topological polar surface area (TPSA) is 153 Å². The Kier molecular flexibility index (Phi) is 11.8. The van der Waals surface area contributed by atoms with Crippen LogP contribution in [0.15, 0.2) is 4.52 Å². The first-order chi connectivity index (χ1) is 22.0. The van der Waals surface area contributed by atoms with Crippen LogP contribution in [0, 0.1) is 16.7 Å². The molecule has 2 aliphatic rings. The third-order valence-corrected chi connectivity index (χ3v) is 9.53. The molecule has 3 N–H and O–H groups in total. The number of aryl methyl sites for hydroxylation is 1. The molecule has 1 aliphatic heterocycles. The zero-order chi connectivity index (χ0) is 33.6. The summed E-state index contributed by atoms with van der Waals surface area (Å²) in [6.45, 7) is 13.2. The van der Waals surface area contributed by atoms with Crippen LogP contribution in [0.2, 0.25) is 5.15 Å². The van der Waals surface area contributed by atoms with Crippen LogP contribution in [0.1, 0.15) is 112 Å². The summed E-state index contributed by atoms with van der Waals surface area (Å²) in [5, 5.41) is 29.5. The standard InChI is InChI=1S/C31H39ClN8O3S.C2H6/c1-6-9-22-23(20(14-33)29(44-22)38-30(41)42-31(2,3)4)18-11-7-12-19-24(39-43-25(18)19)28-36-26(32)21(15-34)27(37-28)35-16-17-10-8-13-40(17)5;1-2/h15,17-18,34H,6-13,16H2,1-5H3,(H,38,41)(H,35,36,37);1-2H3. The fraction of sp³-hybridized carbons (Fsp3) is 0.576. The molecule has 5 rings (SSSR count). The smallest absolute Gasteiger partial charge is 0.412 e. The van der Waals surface area contributed by atoms with Crippen molar-refractivity contribution in [2.24, 2.45) is 0 Å². The minimum Gasteiger partial charge on any atom is -0.444 e. The molecule has 248 valence electrons. The first-order valence-corrected chi connectivity index (χ1v) is 17.3. The maximum Gasteiger partial charge on any atom is 0.412 e. The van der Waals surface area contributed by atoms with E-state index in [1.807, 2.05) is 13.8 Å². The molecule has 1 aliphatic carbocycles. The predicted molar refractivity (Wildman–Crippen MR) is 184 cm³/mol. The van der Waals surface area contributed by atoms with Gasteiger partial charge in [0.1, 0.15) is 33.4 Å². The summed E-state index contributed by atoms with van der Waals surface area (Å²) in [7, 11) is 2.11. The van der Waals surface area contributed by atoms with Crippen molar-refractivity contribution in [2.45, 2.75) is 104 Å². The van der Waals surface area contributed by atoms with Crippen molar-refractivity contribution in [3.8, 4) is 17.6 Å². The number of hydrogen-bond donors (Lipinski definition) is 3. The Morgan fingerprint density at radius 1 is 1.28 bits per heavy atom. The summed E-state index contributed by atoms with van der Waals surface area (Å²) < 4.78 is 11.5. The summed E-state index contributed by atoms with van der Waals surface area (Å²) >= 11 is 7.99. The number of ether oxygens (including phenoxy) is 1. The predicted octanol–water partition coefficient (Wildman–Crippen LogP) is 8.02. The molecule has 11 nitrogen and oxygen atoms in total. The second kappa shape index (κ2) is 15.4. The number of amides is 1. The van der Waals surface area contributed by atoms with Crippen molar-refractivity contribution in [3.05, 3.63) is 38.0 Å². The van der Waals surface area contributed by atoms with Crippen molar-refractivity contribution in [3.63, 3.8) is 0 Å². The number of likely N-dealkylation sites (N-methyl/N-ethyl adjacent to an activating group) is 1. The first kappa shape index (κ1) is 35.3. The second-order valence-corrected chi connectivity index (χ2v) is 13.8. The lowest BCUT2D eigenvalue weighted by atomic mass is 9.81. The number of carbonyl (C=O) groups is 1. The summed E-state index contributed by atoms with van der Waals surface area (Å²) in [5.41, 5.74) is 2.47. The molecule has 1 saturated heterocycles. The first-order valence-electron chi connectivity index (χ1n) is 16.1. The fourth-order valence-corrected chi connectivity index (χ4v) is 7.56. The van der Waals surface area contributed by atoms with Crippen molar-refractivity contribution < 1.29 is 14.1 Å². The highest BCUT2D eigenvalue weighted by molar-refractivity contribution is 7.16. The molecule has 0 bridgehead atoms. The van der Waals surface area contributed by atoms with Crippen molar-refractivity contribution in [1.29, 1.82) is 10.7 Å². The van der Waals surface area contributed by atoms with Crippen LogP contribution in [0.4, 0.5) is 15.6 Å². The highest BCUT2D eigenvalue weighted by atomic mass is 35.5. The van der Waals surface area contributed by atoms with Gasteiger partial charge >= 0.3 is 6.09 Å². The molecule has 0 aromatic carbocycles. The average Bonchev–Trinajstić information content (AvgIpc) is 3.72. The van der Waals surface area contributed by atoms with Crippen LogP contribution < -0.4 is 10.6 Å². The van der Waals surface area contributed by atoms with Crippen LogP contribution in [-0.2, 0) is 17.6 Å². The van der Waals surface area contributed by atoms with Crippen molar-refractivity contribution >= 4 is 46.1 Å². The fourth-order valence-electron chi connectivity index (χ4n) is 6.03. The molecule has 1 amide bonds. The van der Waals surface area contributed by atoms with E-state index in [1.165, 1.54) is 17.6 Å². The van der Waals surface area contributed by atoms with E-state index < -0.39 is 11.7 Å². The minimum atomic E-state index is -0.665. The van der Waals surface area contributed by atoms with Gasteiger partial charge in [-0.1, -0.05) is 43.9 Å². The molecule has 0 spiro atoms. The molecule has 2 unspecified atom stereocenters. The Hall–Kier alpha value is -3.53. The number of fused-ring (bicyclic) bond motifs is 1. The number of likely N-dealkylation sites (tertiary alicyclic amines) is 1. The number of aromatic nitrogens is 3. The molecule has 46 heavy (non-hydrogen) atoms. The summed E-state index contributed by atoms with van der Waals surface area (Å²) in [5.74, 6) is 1.29. The Bertz CT molecular complexity index is 1590. The summed E-state index contributed by atoms with van der Waals surface area (Å²) in [4.78, 5) is 25.3. The summed E-state index contributed by atoms with van der Waals surface area (Å²) in [6.07, 6.45) is 6.78. The van der Waals surface area contributed by atoms with Crippen molar-refractivity contribution in [1.82, 2.24) is 20.0 Å². The molecule has 13 heteroatoms. The van der Waals surface area contributed by atoms with Gasteiger partial charge in [0.2, 0.25) is 0 Å². The molecule has 3 aromatic heterocycles. The van der Waals surface area contributed by atoms with E-state index in [-0.39, 0.29) is 11.1 Å². The average molecular weight is 669 g/mol. The van der Waals surface area contributed by atoms with E-state index in [0.717, 1.165) is 61.1 Å². The molecule has 0 radical (unpaired) electrons. The Morgan fingerprint density at radius 3 is 2.67 bits per heavy atom. The quantitative estimate of drug-likeness (QED) is 0.152. The van der Waals surface area contributed by atoms with Gasteiger partial charge in [-0.3, -0.25) is 5.32 Å². The Morgan fingerprint density at radius 2 is 2.04 bits per heavy atom. The molecule has 2 atom stereocenters. The van der Waals surface area contributed by atoms with Gasteiger partial charge in [0.15, 0.2) is 11.5 Å². The van der Waals surface area contributed by atoms with Gasteiger partial charge in [0.25, 0.3) is 0 Å². The number of carbonyl (C=O) groups excluding carboxylic acids is 1. The van der Waals surface area contributed by atoms with Crippen LogP contribution in [0.25, 0.3) is 11.5 Å². The van der Waals surface area contributed by atoms with Crippen LogP contribution in [0.3, 0.4) is 0 Å². The molecule has 3 aromatic rings. The maximum absolute atomic E-state index is 12.6. The number of hydrogen-bond acceptors (Lipinski definition) is 11. The highest BCUT2D eigenvalue weighted by Crippen LogP contribution is 2.47. The van der Waals surface area contributed by atoms with E-state index in [4.69, 9.17) is 31.3 Å². The molecular formula is C33H45ClN8O3S. The third kappa shape index (κ3) is 7.70. The number of rotatable bonds is 9. The zero-order valence-corrected chi connectivity index (χ0v) is 29.4. The normalized spacial score (nSPS) is 17.8.